The molecule has 2 unspecified atom stereocenters. The summed E-state index contributed by atoms with van der Waals surface area (Å²) >= 11 is 0. The highest BCUT2D eigenvalue weighted by Gasteiger charge is 2.49. The summed E-state index contributed by atoms with van der Waals surface area (Å²) in [5, 5.41) is 11.5. The van der Waals surface area contributed by atoms with Crippen LogP contribution in [0.2, 0.25) is 0 Å². The van der Waals surface area contributed by atoms with Crippen molar-refractivity contribution in [3.63, 3.8) is 0 Å². The van der Waals surface area contributed by atoms with Crippen LogP contribution < -0.4 is 0 Å². The average Bonchev–Trinajstić information content (AvgIpc) is 3.12. The maximum atomic E-state index is 2.51. The molecule has 4 aliphatic rings. The predicted octanol–water partition coefficient (Wildman–Crippen LogP) is 12.8. The first-order valence-corrected chi connectivity index (χ1v) is 18.6. The molecule has 0 spiro atoms. The highest BCUT2D eigenvalue weighted by Crippen LogP contribution is 2.60. The molecular weight excluding hydrogens is 553 g/mol. The standard InChI is InChI=1S/C46H46/c1-3-13-35-29(9-1)21-23-43-37(35)17-7-19-39(43)41-15-5-11-31-25-33-26-32-12-6-16-42(46(32)28-34(33)27-45(31)41)40-20-8-18-38-36-14-4-2-10-30(36)22-24-44(38)40/h1-4,7-10,13-14,17-24,31-34,41-42,45-46H,5-6,11-12,15-16,25-28H2/t31-,32+,33?,34?,41+,42-,45-,46+. The Hall–Kier alpha value is -3.64. The summed E-state index contributed by atoms with van der Waals surface area (Å²) in [4.78, 5) is 0. The van der Waals surface area contributed by atoms with Crippen molar-refractivity contribution >= 4 is 43.1 Å². The first-order chi connectivity index (χ1) is 22.8. The van der Waals surface area contributed by atoms with Crippen LogP contribution in [0, 0.1) is 35.5 Å². The molecule has 230 valence electrons. The molecule has 0 saturated heterocycles. The molecule has 0 heteroatoms. The lowest BCUT2D eigenvalue weighted by molar-refractivity contribution is -0.0166. The van der Waals surface area contributed by atoms with Crippen molar-refractivity contribution < 1.29 is 0 Å². The zero-order chi connectivity index (χ0) is 30.2. The third kappa shape index (κ3) is 4.32. The van der Waals surface area contributed by atoms with Gasteiger partial charge < -0.3 is 0 Å². The number of hydrogen-bond acceptors (Lipinski definition) is 0. The van der Waals surface area contributed by atoms with E-state index in [0.717, 1.165) is 47.3 Å². The van der Waals surface area contributed by atoms with E-state index in [0.29, 0.717) is 0 Å². The summed E-state index contributed by atoms with van der Waals surface area (Å²) in [5.41, 5.74) is 3.31. The number of hydrogen-bond donors (Lipinski definition) is 0. The molecule has 0 bridgehead atoms. The van der Waals surface area contributed by atoms with Gasteiger partial charge in [-0.1, -0.05) is 135 Å². The van der Waals surface area contributed by atoms with Crippen molar-refractivity contribution in [3.05, 3.63) is 120 Å². The Balaban J connectivity index is 0.982. The third-order valence-electron chi connectivity index (χ3n) is 13.9. The summed E-state index contributed by atoms with van der Waals surface area (Å²) in [5.74, 6) is 6.88. The summed E-state index contributed by atoms with van der Waals surface area (Å²) in [6, 6.07) is 42.1. The minimum Gasteiger partial charge on any atom is -0.0616 e. The van der Waals surface area contributed by atoms with Crippen LogP contribution in [-0.4, -0.2) is 0 Å². The predicted molar refractivity (Wildman–Crippen MR) is 195 cm³/mol. The van der Waals surface area contributed by atoms with E-state index < -0.39 is 0 Å². The number of fused-ring (bicyclic) bond motifs is 9. The summed E-state index contributed by atoms with van der Waals surface area (Å²) in [6.45, 7) is 0. The van der Waals surface area contributed by atoms with Gasteiger partial charge in [-0.15, -0.1) is 0 Å². The number of benzene rings is 6. The molecule has 4 saturated carbocycles. The molecule has 0 aliphatic heterocycles. The van der Waals surface area contributed by atoms with Gasteiger partial charge in [-0.25, -0.2) is 0 Å². The molecular formula is C46H46. The van der Waals surface area contributed by atoms with E-state index in [1.165, 1.54) is 107 Å². The molecule has 0 N–H and O–H groups in total. The molecule has 6 aromatic carbocycles. The summed E-state index contributed by atoms with van der Waals surface area (Å²) in [7, 11) is 0. The Kier molecular flexibility index (Phi) is 6.55. The SMILES string of the molecule is c1ccc2c(c1)ccc1c([C@H]3CCC[C@H]4CC5C[C@H]6CCC[C@@H](c7cccc8c7ccc7ccccc78)[C@@H]6CC5C[C@@H]43)cccc12. The Bertz CT molecular complexity index is 1930. The Morgan fingerprint density at radius 3 is 1.30 bits per heavy atom. The second-order valence-electron chi connectivity index (χ2n) is 15.8. The van der Waals surface area contributed by atoms with Crippen molar-refractivity contribution in [1.29, 1.82) is 0 Å². The first-order valence-electron chi connectivity index (χ1n) is 18.6. The highest BCUT2D eigenvalue weighted by atomic mass is 14.5. The fourth-order valence-corrected chi connectivity index (χ4v) is 12.0. The lowest BCUT2D eigenvalue weighted by Gasteiger charge is -2.54. The Labute approximate surface area is 274 Å². The van der Waals surface area contributed by atoms with Crippen LogP contribution in [0.25, 0.3) is 43.1 Å². The largest absolute Gasteiger partial charge is 0.0616 e. The minimum atomic E-state index is 0.718. The van der Waals surface area contributed by atoms with Gasteiger partial charge in [0.2, 0.25) is 0 Å². The van der Waals surface area contributed by atoms with Crippen molar-refractivity contribution in [2.45, 2.75) is 76.0 Å². The molecule has 4 aliphatic carbocycles. The first kappa shape index (κ1) is 27.5. The number of rotatable bonds is 2. The van der Waals surface area contributed by atoms with Crippen LogP contribution in [0.5, 0.6) is 0 Å². The maximum absolute atomic E-state index is 2.51. The smallest absolute Gasteiger partial charge is 0.0103 e. The van der Waals surface area contributed by atoms with Crippen molar-refractivity contribution in [2.24, 2.45) is 35.5 Å². The van der Waals surface area contributed by atoms with Crippen LogP contribution in [0.1, 0.15) is 87.2 Å². The molecule has 0 aromatic heterocycles. The van der Waals surface area contributed by atoms with Crippen LogP contribution in [-0.2, 0) is 0 Å². The quantitative estimate of drug-likeness (QED) is 0.174. The zero-order valence-electron chi connectivity index (χ0n) is 27.1. The molecule has 6 aromatic rings. The van der Waals surface area contributed by atoms with Crippen LogP contribution in [0.15, 0.2) is 109 Å². The molecule has 0 radical (unpaired) electrons. The second-order valence-corrected chi connectivity index (χ2v) is 15.8. The fourth-order valence-electron chi connectivity index (χ4n) is 12.0. The third-order valence-corrected chi connectivity index (χ3v) is 13.9. The van der Waals surface area contributed by atoms with Gasteiger partial charge in [-0.2, -0.15) is 0 Å². The van der Waals surface area contributed by atoms with Crippen molar-refractivity contribution in [2.75, 3.05) is 0 Å². The van der Waals surface area contributed by atoms with Gasteiger partial charge in [0.1, 0.15) is 0 Å². The second kappa shape index (κ2) is 11.0. The Morgan fingerprint density at radius 1 is 0.326 bits per heavy atom. The molecule has 46 heavy (non-hydrogen) atoms. The minimum absolute atomic E-state index is 0.718. The van der Waals surface area contributed by atoms with Gasteiger partial charge in [-0.3, -0.25) is 0 Å². The molecule has 10 rings (SSSR count). The van der Waals surface area contributed by atoms with Gasteiger partial charge >= 0.3 is 0 Å². The normalized spacial score (nSPS) is 31.0. The topological polar surface area (TPSA) is 0 Å². The van der Waals surface area contributed by atoms with Crippen LogP contribution in [0.3, 0.4) is 0 Å². The van der Waals surface area contributed by atoms with Crippen molar-refractivity contribution in [1.82, 2.24) is 0 Å². The maximum Gasteiger partial charge on any atom is -0.0103 e. The Morgan fingerprint density at radius 2 is 0.783 bits per heavy atom. The molecule has 0 heterocycles. The van der Waals surface area contributed by atoms with Gasteiger partial charge in [0.25, 0.3) is 0 Å². The van der Waals surface area contributed by atoms with Crippen molar-refractivity contribution in [3.8, 4) is 0 Å². The van der Waals surface area contributed by atoms with E-state index >= 15 is 0 Å². The highest BCUT2D eigenvalue weighted by molar-refractivity contribution is 6.09. The molecule has 8 atom stereocenters. The van der Waals surface area contributed by atoms with E-state index in [9.17, 15) is 0 Å². The van der Waals surface area contributed by atoms with Gasteiger partial charge in [0.15, 0.2) is 0 Å². The summed E-state index contributed by atoms with van der Waals surface area (Å²) < 4.78 is 0. The van der Waals surface area contributed by atoms with Crippen LogP contribution >= 0.6 is 0 Å². The van der Waals surface area contributed by atoms with Gasteiger partial charge in [0.05, 0.1) is 0 Å². The van der Waals surface area contributed by atoms with E-state index in [2.05, 4.69) is 109 Å². The van der Waals surface area contributed by atoms with Gasteiger partial charge in [0, 0.05) is 0 Å². The lowest BCUT2D eigenvalue weighted by Crippen LogP contribution is -2.44. The van der Waals surface area contributed by atoms with Gasteiger partial charge in [-0.05, 0) is 140 Å². The van der Waals surface area contributed by atoms with E-state index in [1.54, 1.807) is 11.1 Å². The van der Waals surface area contributed by atoms with E-state index in [1.807, 2.05) is 0 Å². The molecule has 4 fully saturated rings. The average molecular weight is 599 g/mol. The van der Waals surface area contributed by atoms with E-state index in [-0.39, 0.29) is 0 Å². The lowest BCUT2D eigenvalue weighted by atomic mass is 9.51. The molecule has 0 nitrogen and oxygen atoms in total. The zero-order valence-corrected chi connectivity index (χ0v) is 27.1. The molecule has 0 amide bonds. The summed E-state index contributed by atoms with van der Waals surface area (Å²) in [6.07, 6.45) is 14.5. The fraction of sp³-hybridized carbons (Fsp3) is 0.391. The monoisotopic (exact) mass is 598 g/mol. The van der Waals surface area contributed by atoms with E-state index in [4.69, 9.17) is 0 Å². The van der Waals surface area contributed by atoms with Crippen LogP contribution in [0.4, 0.5) is 0 Å².